The number of imidazole rings is 1. The van der Waals surface area contributed by atoms with Crippen molar-refractivity contribution in [2.75, 3.05) is 5.73 Å². The van der Waals surface area contributed by atoms with Crippen molar-refractivity contribution in [2.45, 2.75) is 32.2 Å². The van der Waals surface area contributed by atoms with Crippen LogP contribution in [0.25, 0.3) is 11.0 Å². The molecule has 0 amide bonds. The highest BCUT2D eigenvalue weighted by Crippen LogP contribution is 2.39. The Morgan fingerprint density at radius 1 is 1.33 bits per heavy atom. The zero-order valence-corrected chi connectivity index (χ0v) is 11.7. The van der Waals surface area contributed by atoms with Crippen molar-refractivity contribution >= 4 is 40.2 Å². The van der Waals surface area contributed by atoms with Crippen molar-refractivity contribution in [2.24, 2.45) is 5.92 Å². The maximum Gasteiger partial charge on any atom is 0.201 e. The average molecular weight is 284 g/mol. The van der Waals surface area contributed by atoms with Gasteiger partial charge in [-0.05, 0) is 37.8 Å². The minimum atomic E-state index is 0.362. The third kappa shape index (κ3) is 1.77. The lowest BCUT2D eigenvalue weighted by Crippen LogP contribution is -2.23. The predicted octanol–water partition coefficient (Wildman–Crippen LogP) is 4.29. The van der Waals surface area contributed by atoms with Crippen LogP contribution in [0, 0.1) is 5.92 Å². The van der Waals surface area contributed by atoms with Gasteiger partial charge in [0, 0.05) is 6.04 Å². The summed E-state index contributed by atoms with van der Waals surface area (Å²) in [4.78, 5) is 4.37. The zero-order valence-electron chi connectivity index (χ0n) is 10.2. The normalized spacial score (nSPS) is 17.9. The van der Waals surface area contributed by atoms with Crippen LogP contribution in [0.1, 0.15) is 32.2 Å². The van der Waals surface area contributed by atoms with Crippen LogP contribution in [0.2, 0.25) is 10.0 Å². The van der Waals surface area contributed by atoms with E-state index in [1.165, 1.54) is 19.3 Å². The van der Waals surface area contributed by atoms with E-state index in [0.29, 0.717) is 28.0 Å². The number of rotatable bonds is 2. The van der Waals surface area contributed by atoms with Gasteiger partial charge in [0.15, 0.2) is 0 Å². The molecular weight excluding hydrogens is 269 g/mol. The molecule has 0 radical (unpaired) electrons. The Morgan fingerprint density at radius 2 is 2.00 bits per heavy atom. The van der Waals surface area contributed by atoms with Crippen LogP contribution in [0.4, 0.5) is 5.95 Å². The first-order valence-electron chi connectivity index (χ1n) is 6.20. The molecule has 3 rings (SSSR count). The molecule has 2 aromatic rings. The van der Waals surface area contributed by atoms with E-state index < -0.39 is 0 Å². The van der Waals surface area contributed by atoms with E-state index in [1.807, 2.05) is 6.07 Å². The molecule has 5 heteroatoms. The van der Waals surface area contributed by atoms with Crippen LogP contribution in [0.3, 0.4) is 0 Å². The molecule has 1 aliphatic rings. The number of benzene rings is 1. The van der Waals surface area contributed by atoms with Crippen LogP contribution >= 0.6 is 23.2 Å². The largest absolute Gasteiger partial charge is 0.369 e. The molecule has 1 saturated carbocycles. The van der Waals surface area contributed by atoms with Gasteiger partial charge in [0.1, 0.15) is 0 Å². The highest BCUT2D eigenvalue weighted by atomic mass is 35.5. The molecular formula is C13H15Cl2N3. The minimum absolute atomic E-state index is 0.362. The summed E-state index contributed by atoms with van der Waals surface area (Å²) >= 11 is 12.1. The third-order valence-corrected chi connectivity index (χ3v) is 4.72. The second-order valence-corrected chi connectivity index (χ2v) is 5.84. The molecule has 3 nitrogen and oxygen atoms in total. The summed E-state index contributed by atoms with van der Waals surface area (Å²) in [6.07, 6.45) is 3.84. The van der Waals surface area contributed by atoms with Gasteiger partial charge in [-0.25, -0.2) is 4.98 Å². The van der Waals surface area contributed by atoms with Crippen LogP contribution in [-0.2, 0) is 0 Å². The molecule has 1 aromatic heterocycles. The molecule has 2 N–H and O–H groups in total. The lowest BCUT2D eigenvalue weighted by molar-refractivity contribution is 0.227. The van der Waals surface area contributed by atoms with Crippen LogP contribution in [-0.4, -0.2) is 9.55 Å². The fraction of sp³-hybridized carbons (Fsp3) is 0.462. The van der Waals surface area contributed by atoms with E-state index in [-0.39, 0.29) is 0 Å². The lowest BCUT2D eigenvalue weighted by atomic mass is 9.80. The highest BCUT2D eigenvalue weighted by molar-refractivity contribution is 6.42. The van der Waals surface area contributed by atoms with Gasteiger partial charge in [-0.1, -0.05) is 29.6 Å². The molecule has 96 valence electrons. The number of aromatic nitrogens is 2. The van der Waals surface area contributed by atoms with Crippen molar-refractivity contribution in [3.8, 4) is 0 Å². The number of hydrogen-bond donors (Lipinski definition) is 1. The maximum atomic E-state index is 6.09. The summed E-state index contributed by atoms with van der Waals surface area (Å²) < 4.78 is 2.08. The second-order valence-electron chi connectivity index (χ2n) is 5.03. The summed E-state index contributed by atoms with van der Waals surface area (Å²) in [5.74, 6) is 1.24. The number of nitrogens with zero attached hydrogens (tertiary/aromatic N) is 2. The number of hydrogen-bond acceptors (Lipinski definition) is 2. The molecule has 0 spiro atoms. The van der Waals surface area contributed by atoms with E-state index in [1.54, 1.807) is 6.07 Å². The summed E-state index contributed by atoms with van der Waals surface area (Å²) in [7, 11) is 0. The van der Waals surface area contributed by atoms with Crippen molar-refractivity contribution in [1.29, 1.82) is 0 Å². The summed E-state index contributed by atoms with van der Waals surface area (Å²) in [6, 6.07) is 4.00. The van der Waals surface area contributed by atoms with E-state index in [2.05, 4.69) is 16.5 Å². The Bertz CT molecular complexity index is 602. The number of halogens is 2. The Morgan fingerprint density at radius 3 is 2.61 bits per heavy atom. The Balaban J connectivity index is 2.15. The van der Waals surface area contributed by atoms with Crippen molar-refractivity contribution in [1.82, 2.24) is 9.55 Å². The van der Waals surface area contributed by atoms with E-state index in [4.69, 9.17) is 28.9 Å². The molecule has 1 aromatic carbocycles. The average Bonchev–Trinajstić information content (AvgIpc) is 2.52. The molecule has 1 aliphatic carbocycles. The molecule has 0 saturated heterocycles. The van der Waals surface area contributed by atoms with Crippen molar-refractivity contribution in [3.05, 3.63) is 22.2 Å². The quantitative estimate of drug-likeness (QED) is 0.894. The number of fused-ring (bicyclic) bond motifs is 1. The summed E-state index contributed by atoms with van der Waals surface area (Å²) in [5, 5.41) is 1.07. The topological polar surface area (TPSA) is 43.8 Å². The third-order valence-electron chi connectivity index (χ3n) is 4.00. The molecule has 1 unspecified atom stereocenters. The number of anilines is 1. The van der Waals surface area contributed by atoms with Gasteiger partial charge < -0.3 is 10.3 Å². The van der Waals surface area contributed by atoms with E-state index in [9.17, 15) is 0 Å². The van der Waals surface area contributed by atoms with Crippen LogP contribution in [0.5, 0.6) is 0 Å². The van der Waals surface area contributed by atoms with Gasteiger partial charge >= 0.3 is 0 Å². The number of nitrogen functional groups attached to an aromatic ring is 1. The van der Waals surface area contributed by atoms with Gasteiger partial charge in [0.05, 0.1) is 21.1 Å². The van der Waals surface area contributed by atoms with Gasteiger partial charge in [-0.3, -0.25) is 0 Å². The van der Waals surface area contributed by atoms with E-state index >= 15 is 0 Å². The molecule has 0 bridgehead atoms. The Kier molecular flexibility index (Phi) is 2.91. The van der Waals surface area contributed by atoms with Gasteiger partial charge in [0.25, 0.3) is 0 Å². The van der Waals surface area contributed by atoms with Crippen LogP contribution in [0.15, 0.2) is 12.1 Å². The van der Waals surface area contributed by atoms with Crippen molar-refractivity contribution < 1.29 is 0 Å². The summed E-state index contributed by atoms with van der Waals surface area (Å²) in [6.45, 7) is 2.20. The lowest BCUT2D eigenvalue weighted by Gasteiger charge is -2.33. The smallest absolute Gasteiger partial charge is 0.201 e. The maximum absolute atomic E-state index is 6.09. The molecule has 18 heavy (non-hydrogen) atoms. The Hall–Kier alpha value is -0.930. The van der Waals surface area contributed by atoms with E-state index in [0.717, 1.165) is 11.0 Å². The summed E-state index contributed by atoms with van der Waals surface area (Å²) in [5.41, 5.74) is 7.82. The molecule has 1 heterocycles. The number of nitrogens with two attached hydrogens (primary N) is 1. The molecule has 1 atom stereocenters. The van der Waals surface area contributed by atoms with Crippen LogP contribution < -0.4 is 5.73 Å². The fourth-order valence-electron chi connectivity index (χ4n) is 2.67. The monoisotopic (exact) mass is 283 g/mol. The van der Waals surface area contributed by atoms with Gasteiger partial charge in [-0.15, -0.1) is 0 Å². The standard InChI is InChI=1S/C13H15Cl2N3/c1-7(8-3-2-4-8)18-12-6-10(15)9(14)5-11(12)17-13(18)16/h5-8H,2-4H2,1H3,(H2,16,17). The first-order valence-corrected chi connectivity index (χ1v) is 6.96. The minimum Gasteiger partial charge on any atom is -0.369 e. The predicted molar refractivity (Wildman–Crippen MR) is 76.2 cm³/mol. The zero-order chi connectivity index (χ0) is 12.9. The molecule has 0 aliphatic heterocycles. The van der Waals surface area contributed by atoms with Gasteiger partial charge in [0.2, 0.25) is 5.95 Å². The van der Waals surface area contributed by atoms with Crippen molar-refractivity contribution in [3.63, 3.8) is 0 Å². The second kappa shape index (κ2) is 4.32. The SMILES string of the molecule is CC(C1CCC1)n1c(N)nc2cc(Cl)c(Cl)cc21. The molecule has 1 fully saturated rings. The Labute approximate surface area is 116 Å². The first kappa shape index (κ1) is 12.1. The highest BCUT2D eigenvalue weighted by Gasteiger charge is 2.27. The van der Waals surface area contributed by atoms with Gasteiger partial charge in [-0.2, -0.15) is 0 Å². The first-order chi connectivity index (χ1) is 8.58. The fourth-order valence-corrected chi connectivity index (χ4v) is 2.99.